The third-order valence-corrected chi connectivity index (χ3v) is 3.97. The Kier molecular flexibility index (Phi) is 4.83. The predicted octanol–water partition coefficient (Wildman–Crippen LogP) is 2.08. The fraction of sp³-hybridized carbons (Fsp3) is 0.667. The third kappa shape index (κ3) is 3.22. The van der Waals surface area contributed by atoms with Gasteiger partial charge in [-0.05, 0) is 39.3 Å². The highest BCUT2D eigenvalue weighted by atomic mass is 16.5. The van der Waals surface area contributed by atoms with E-state index in [9.17, 15) is 4.79 Å². The summed E-state index contributed by atoms with van der Waals surface area (Å²) >= 11 is 0. The Morgan fingerprint density at radius 2 is 2.35 bits per heavy atom. The minimum Gasteiger partial charge on any atom is -0.463 e. The summed E-state index contributed by atoms with van der Waals surface area (Å²) < 4.78 is 10.4. The van der Waals surface area contributed by atoms with Crippen LogP contribution < -0.4 is 5.73 Å². The van der Waals surface area contributed by atoms with Gasteiger partial charge in [-0.3, -0.25) is 4.90 Å². The van der Waals surface area contributed by atoms with E-state index < -0.39 is 5.97 Å². The van der Waals surface area contributed by atoms with Gasteiger partial charge in [0.05, 0.1) is 13.7 Å². The van der Waals surface area contributed by atoms with Crippen molar-refractivity contribution in [2.75, 3.05) is 13.7 Å². The molecule has 0 amide bonds. The van der Waals surface area contributed by atoms with Crippen molar-refractivity contribution in [1.29, 1.82) is 0 Å². The molecule has 0 radical (unpaired) electrons. The number of likely N-dealkylation sites (tertiary alicyclic amines) is 1. The molecule has 5 nitrogen and oxygen atoms in total. The van der Waals surface area contributed by atoms with Crippen LogP contribution in [0.15, 0.2) is 10.5 Å². The van der Waals surface area contributed by atoms with Crippen LogP contribution >= 0.6 is 0 Å². The number of esters is 1. The molecule has 0 aliphatic carbocycles. The van der Waals surface area contributed by atoms with Gasteiger partial charge in [0.15, 0.2) is 0 Å². The van der Waals surface area contributed by atoms with E-state index in [0.29, 0.717) is 18.3 Å². The standard InChI is InChI=1S/C15H24N2O3/c1-10-8-12(20-14(10)15(18)19-3)9-17-7-5-4-6-13(17)11(2)16/h8,11,13H,4-7,9,16H2,1-3H3. The molecule has 5 heteroatoms. The number of methoxy groups -OCH3 is 1. The average molecular weight is 280 g/mol. The van der Waals surface area contributed by atoms with Crippen LogP contribution in [-0.4, -0.2) is 36.6 Å². The molecular weight excluding hydrogens is 256 g/mol. The summed E-state index contributed by atoms with van der Waals surface area (Å²) in [5.41, 5.74) is 6.89. The summed E-state index contributed by atoms with van der Waals surface area (Å²) in [5.74, 6) is 0.684. The van der Waals surface area contributed by atoms with Crippen molar-refractivity contribution in [3.63, 3.8) is 0 Å². The number of furan rings is 1. The maximum Gasteiger partial charge on any atom is 0.374 e. The Balaban J connectivity index is 2.10. The second-order valence-electron chi connectivity index (χ2n) is 5.61. The minimum atomic E-state index is -0.420. The van der Waals surface area contributed by atoms with E-state index >= 15 is 0 Å². The highest BCUT2D eigenvalue weighted by Crippen LogP contribution is 2.23. The lowest BCUT2D eigenvalue weighted by atomic mass is 9.97. The Morgan fingerprint density at radius 1 is 1.60 bits per heavy atom. The van der Waals surface area contributed by atoms with Gasteiger partial charge < -0.3 is 14.9 Å². The van der Waals surface area contributed by atoms with Crippen molar-refractivity contribution in [2.24, 2.45) is 5.73 Å². The quantitative estimate of drug-likeness (QED) is 0.855. The highest BCUT2D eigenvalue weighted by molar-refractivity contribution is 5.87. The van der Waals surface area contributed by atoms with Crippen LogP contribution in [-0.2, 0) is 11.3 Å². The van der Waals surface area contributed by atoms with Gasteiger partial charge in [-0.15, -0.1) is 0 Å². The second-order valence-corrected chi connectivity index (χ2v) is 5.61. The molecule has 1 aromatic heterocycles. The first kappa shape index (κ1) is 15.1. The minimum absolute atomic E-state index is 0.145. The molecule has 2 N–H and O–H groups in total. The molecule has 1 saturated heterocycles. The second kappa shape index (κ2) is 6.41. The fourth-order valence-corrected chi connectivity index (χ4v) is 2.93. The number of carbonyl (C=O) groups is 1. The van der Waals surface area contributed by atoms with Gasteiger partial charge in [0, 0.05) is 17.6 Å². The average Bonchev–Trinajstić information content (AvgIpc) is 2.79. The van der Waals surface area contributed by atoms with Crippen molar-refractivity contribution >= 4 is 5.97 Å². The van der Waals surface area contributed by atoms with Crippen molar-refractivity contribution in [3.05, 3.63) is 23.2 Å². The number of ether oxygens (including phenoxy) is 1. The van der Waals surface area contributed by atoms with Gasteiger partial charge in [-0.1, -0.05) is 6.42 Å². The van der Waals surface area contributed by atoms with E-state index in [1.165, 1.54) is 20.0 Å². The first-order valence-electron chi connectivity index (χ1n) is 7.20. The van der Waals surface area contributed by atoms with E-state index in [1.807, 2.05) is 13.0 Å². The number of rotatable bonds is 4. The number of carbonyl (C=O) groups excluding carboxylic acids is 1. The Morgan fingerprint density at radius 3 is 3.00 bits per heavy atom. The lowest BCUT2D eigenvalue weighted by molar-refractivity contribution is 0.0556. The molecule has 112 valence electrons. The maximum absolute atomic E-state index is 11.6. The van der Waals surface area contributed by atoms with Crippen LogP contribution in [0.25, 0.3) is 0 Å². The normalized spacial score (nSPS) is 21.7. The topological polar surface area (TPSA) is 68.7 Å². The Hall–Kier alpha value is -1.33. The molecule has 20 heavy (non-hydrogen) atoms. The van der Waals surface area contributed by atoms with Crippen molar-refractivity contribution < 1.29 is 13.9 Å². The lowest BCUT2D eigenvalue weighted by Crippen LogP contribution is -2.48. The van der Waals surface area contributed by atoms with E-state index in [0.717, 1.165) is 24.3 Å². The van der Waals surface area contributed by atoms with Crippen molar-refractivity contribution in [1.82, 2.24) is 4.90 Å². The van der Waals surface area contributed by atoms with Gasteiger partial charge in [0.25, 0.3) is 0 Å². The molecule has 2 heterocycles. The number of aryl methyl sites for hydroxylation is 1. The van der Waals surface area contributed by atoms with Crippen molar-refractivity contribution in [3.8, 4) is 0 Å². The molecular formula is C15H24N2O3. The maximum atomic E-state index is 11.6. The van der Waals surface area contributed by atoms with E-state index in [2.05, 4.69) is 11.8 Å². The molecule has 0 bridgehead atoms. The predicted molar refractivity (Wildman–Crippen MR) is 76.5 cm³/mol. The summed E-state index contributed by atoms with van der Waals surface area (Å²) in [4.78, 5) is 13.9. The molecule has 2 unspecified atom stereocenters. The summed E-state index contributed by atoms with van der Waals surface area (Å²) in [7, 11) is 1.36. The first-order valence-corrected chi connectivity index (χ1v) is 7.20. The van der Waals surface area contributed by atoms with Gasteiger partial charge in [-0.2, -0.15) is 0 Å². The van der Waals surface area contributed by atoms with Crippen molar-refractivity contribution in [2.45, 2.75) is 51.7 Å². The molecule has 0 spiro atoms. The zero-order valence-corrected chi connectivity index (χ0v) is 12.5. The van der Waals surface area contributed by atoms with Gasteiger partial charge in [-0.25, -0.2) is 4.79 Å². The monoisotopic (exact) mass is 280 g/mol. The molecule has 1 aliphatic heterocycles. The number of hydrogen-bond acceptors (Lipinski definition) is 5. The van der Waals surface area contributed by atoms with E-state index in [-0.39, 0.29) is 6.04 Å². The smallest absolute Gasteiger partial charge is 0.374 e. The summed E-state index contributed by atoms with van der Waals surface area (Å²) in [6, 6.07) is 2.45. The Bertz CT molecular complexity index is 468. The zero-order chi connectivity index (χ0) is 14.7. The Labute approximate surface area is 120 Å². The number of hydrogen-bond donors (Lipinski definition) is 1. The molecule has 2 atom stereocenters. The summed E-state index contributed by atoms with van der Waals surface area (Å²) in [6.45, 7) is 5.64. The molecule has 1 fully saturated rings. The summed E-state index contributed by atoms with van der Waals surface area (Å²) in [5, 5.41) is 0. The van der Waals surface area contributed by atoms with Crippen LogP contribution in [0, 0.1) is 6.92 Å². The van der Waals surface area contributed by atoms with E-state index in [1.54, 1.807) is 0 Å². The number of nitrogens with two attached hydrogens (primary N) is 1. The largest absolute Gasteiger partial charge is 0.463 e. The molecule has 0 aromatic carbocycles. The number of nitrogens with zero attached hydrogens (tertiary/aromatic N) is 1. The lowest BCUT2D eigenvalue weighted by Gasteiger charge is -2.37. The highest BCUT2D eigenvalue weighted by Gasteiger charge is 2.27. The van der Waals surface area contributed by atoms with Crippen LogP contribution in [0.4, 0.5) is 0 Å². The molecule has 0 saturated carbocycles. The SMILES string of the molecule is COC(=O)c1oc(CN2CCCCC2C(C)N)cc1C. The van der Waals surface area contributed by atoms with Crippen LogP contribution in [0.1, 0.15) is 48.1 Å². The molecule has 2 rings (SSSR count). The van der Waals surface area contributed by atoms with Gasteiger partial charge in [0.2, 0.25) is 5.76 Å². The van der Waals surface area contributed by atoms with Gasteiger partial charge >= 0.3 is 5.97 Å². The van der Waals surface area contributed by atoms with Gasteiger partial charge in [0.1, 0.15) is 5.76 Å². The molecule has 1 aromatic rings. The molecule has 1 aliphatic rings. The van der Waals surface area contributed by atoms with Crippen LogP contribution in [0.2, 0.25) is 0 Å². The fourth-order valence-electron chi connectivity index (χ4n) is 2.93. The first-order chi connectivity index (χ1) is 9.52. The van der Waals surface area contributed by atoms with Crippen LogP contribution in [0.3, 0.4) is 0 Å². The number of piperidine rings is 1. The van der Waals surface area contributed by atoms with Crippen LogP contribution in [0.5, 0.6) is 0 Å². The third-order valence-electron chi connectivity index (χ3n) is 3.97. The summed E-state index contributed by atoms with van der Waals surface area (Å²) in [6.07, 6.45) is 3.54. The zero-order valence-electron chi connectivity index (χ0n) is 12.5. The van der Waals surface area contributed by atoms with E-state index in [4.69, 9.17) is 14.9 Å².